The largest absolute Gasteiger partial charge is 0.436 e. The maximum atomic E-state index is 13.6. The van der Waals surface area contributed by atoms with E-state index in [1.54, 1.807) is 6.07 Å². The van der Waals surface area contributed by atoms with Crippen molar-refractivity contribution in [2.75, 3.05) is 18.0 Å². The Balaban J connectivity index is 2.17. The zero-order valence-corrected chi connectivity index (χ0v) is 12.7. The van der Waals surface area contributed by atoms with E-state index in [4.69, 9.17) is 4.74 Å². The molecule has 0 bridgehead atoms. The number of benzene rings is 1. The Bertz CT molecular complexity index is 622. The van der Waals surface area contributed by atoms with Gasteiger partial charge in [-0.15, -0.1) is 0 Å². The zero-order chi connectivity index (χ0) is 15.9. The summed E-state index contributed by atoms with van der Waals surface area (Å²) in [7, 11) is 0. The van der Waals surface area contributed by atoms with Crippen molar-refractivity contribution in [2.45, 2.75) is 26.7 Å². The third kappa shape index (κ3) is 4.13. The quantitative estimate of drug-likeness (QED) is 0.769. The molecule has 0 spiro atoms. The van der Waals surface area contributed by atoms with Crippen molar-refractivity contribution in [3.05, 3.63) is 42.2 Å². The van der Waals surface area contributed by atoms with Gasteiger partial charge in [-0.2, -0.15) is 0 Å². The van der Waals surface area contributed by atoms with Gasteiger partial charge in [-0.05, 0) is 25.5 Å². The highest BCUT2D eigenvalue weighted by Crippen LogP contribution is 2.25. The number of unbranched alkanes of at least 4 members (excludes halogenated alkanes) is 1. The molecular weight excluding hydrogens is 288 g/mol. The Labute approximate surface area is 128 Å². The SMILES string of the molecule is CCCCN(CC)c1cc(Oc2ccc(F)cc2F)ncn1. The molecular formula is C16H19F2N3O. The van der Waals surface area contributed by atoms with Gasteiger partial charge in [0, 0.05) is 25.2 Å². The molecule has 118 valence electrons. The number of hydrogen-bond acceptors (Lipinski definition) is 4. The molecule has 1 aromatic heterocycles. The van der Waals surface area contributed by atoms with E-state index in [0.717, 1.165) is 43.9 Å². The van der Waals surface area contributed by atoms with E-state index in [1.165, 1.54) is 12.4 Å². The average Bonchev–Trinajstić information content (AvgIpc) is 2.51. The second kappa shape index (κ2) is 7.68. The van der Waals surface area contributed by atoms with Gasteiger partial charge in [0.05, 0.1) is 0 Å². The summed E-state index contributed by atoms with van der Waals surface area (Å²) in [6.07, 6.45) is 3.52. The molecule has 22 heavy (non-hydrogen) atoms. The molecule has 0 unspecified atom stereocenters. The van der Waals surface area contributed by atoms with Gasteiger partial charge in [-0.25, -0.2) is 18.7 Å². The third-order valence-corrected chi connectivity index (χ3v) is 3.22. The number of ether oxygens (including phenoxy) is 1. The van der Waals surface area contributed by atoms with Crippen LogP contribution in [0.15, 0.2) is 30.6 Å². The van der Waals surface area contributed by atoms with Crippen LogP contribution in [-0.4, -0.2) is 23.1 Å². The van der Waals surface area contributed by atoms with Crippen LogP contribution in [0.2, 0.25) is 0 Å². The Morgan fingerprint density at radius 2 is 1.95 bits per heavy atom. The van der Waals surface area contributed by atoms with E-state index in [9.17, 15) is 8.78 Å². The molecule has 0 aliphatic heterocycles. The van der Waals surface area contributed by atoms with Gasteiger partial charge in [0.2, 0.25) is 5.88 Å². The number of rotatable bonds is 7. The second-order valence-corrected chi connectivity index (χ2v) is 4.82. The van der Waals surface area contributed by atoms with Crippen molar-refractivity contribution in [1.29, 1.82) is 0 Å². The van der Waals surface area contributed by atoms with Gasteiger partial charge in [-0.3, -0.25) is 0 Å². The van der Waals surface area contributed by atoms with Crippen molar-refractivity contribution >= 4 is 5.82 Å². The molecule has 0 fully saturated rings. The standard InChI is InChI=1S/C16H19F2N3O/c1-3-5-8-21(4-2)15-10-16(20-11-19-15)22-14-7-6-12(17)9-13(14)18/h6-7,9-11H,3-5,8H2,1-2H3. The fraction of sp³-hybridized carbons (Fsp3) is 0.375. The van der Waals surface area contributed by atoms with Crippen LogP contribution < -0.4 is 9.64 Å². The molecule has 0 aliphatic carbocycles. The highest BCUT2D eigenvalue weighted by molar-refractivity contribution is 5.41. The molecule has 4 nitrogen and oxygen atoms in total. The van der Waals surface area contributed by atoms with E-state index in [1.807, 2.05) is 6.92 Å². The Hall–Kier alpha value is -2.24. The van der Waals surface area contributed by atoms with Crippen LogP contribution in [0.25, 0.3) is 0 Å². The lowest BCUT2D eigenvalue weighted by Gasteiger charge is -2.21. The normalized spacial score (nSPS) is 10.5. The molecule has 0 radical (unpaired) electrons. The summed E-state index contributed by atoms with van der Waals surface area (Å²) in [5.74, 6) is -0.528. The molecule has 0 N–H and O–H groups in total. The first kappa shape index (κ1) is 16.1. The van der Waals surface area contributed by atoms with E-state index in [2.05, 4.69) is 21.8 Å². The van der Waals surface area contributed by atoms with E-state index < -0.39 is 11.6 Å². The highest BCUT2D eigenvalue weighted by atomic mass is 19.1. The minimum atomic E-state index is -0.765. The number of aromatic nitrogens is 2. The summed E-state index contributed by atoms with van der Waals surface area (Å²) < 4.78 is 31.9. The Morgan fingerprint density at radius 1 is 1.14 bits per heavy atom. The van der Waals surface area contributed by atoms with Crippen LogP contribution >= 0.6 is 0 Å². The third-order valence-electron chi connectivity index (χ3n) is 3.22. The fourth-order valence-corrected chi connectivity index (χ4v) is 2.01. The summed E-state index contributed by atoms with van der Waals surface area (Å²) in [4.78, 5) is 10.3. The first-order valence-corrected chi connectivity index (χ1v) is 7.34. The Kier molecular flexibility index (Phi) is 5.63. The number of nitrogens with zero attached hydrogens (tertiary/aromatic N) is 3. The van der Waals surface area contributed by atoms with Crippen LogP contribution in [0, 0.1) is 11.6 Å². The van der Waals surface area contributed by atoms with Crippen LogP contribution in [-0.2, 0) is 0 Å². The molecule has 1 heterocycles. The fourth-order valence-electron chi connectivity index (χ4n) is 2.01. The molecule has 6 heteroatoms. The van der Waals surface area contributed by atoms with Crippen LogP contribution in [0.5, 0.6) is 11.6 Å². The monoisotopic (exact) mass is 307 g/mol. The van der Waals surface area contributed by atoms with Crippen LogP contribution in [0.4, 0.5) is 14.6 Å². The molecule has 1 aromatic carbocycles. The predicted octanol–water partition coefficient (Wildman–Crippen LogP) is 4.17. The summed E-state index contributed by atoms with van der Waals surface area (Å²) in [5.41, 5.74) is 0. The maximum Gasteiger partial charge on any atom is 0.224 e. The lowest BCUT2D eigenvalue weighted by Crippen LogP contribution is -2.24. The summed E-state index contributed by atoms with van der Waals surface area (Å²) in [6, 6.07) is 4.81. The van der Waals surface area contributed by atoms with Crippen molar-refractivity contribution in [3.8, 4) is 11.6 Å². The van der Waals surface area contributed by atoms with Gasteiger partial charge in [0.25, 0.3) is 0 Å². The van der Waals surface area contributed by atoms with Gasteiger partial charge < -0.3 is 9.64 Å². The number of halogens is 2. The van der Waals surface area contributed by atoms with E-state index in [-0.39, 0.29) is 11.6 Å². The van der Waals surface area contributed by atoms with E-state index >= 15 is 0 Å². The van der Waals surface area contributed by atoms with Gasteiger partial charge in [0.1, 0.15) is 18.0 Å². The van der Waals surface area contributed by atoms with Crippen molar-refractivity contribution in [3.63, 3.8) is 0 Å². The smallest absolute Gasteiger partial charge is 0.224 e. The minimum absolute atomic E-state index is 0.0670. The molecule has 0 aliphatic rings. The Morgan fingerprint density at radius 3 is 2.64 bits per heavy atom. The number of anilines is 1. The number of hydrogen-bond donors (Lipinski definition) is 0. The topological polar surface area (TPSA) is 38.2 Å². The van der Waals surface area contributed by atoms with E-state index in [0.29, 0.717) is 0 Å². The van der Waals surface area contributed by atoms with Crippen molar-refractivity contribution in [2.24, 2.45) is 0 Å². The van der Waals surface area contributed by atoms with Gasteiger partial charge in [0.15, 0.2) is 11.6 Å². The highest BCUT2D eigenvalue weighted by Gasteiger charge is 2.10. The molecule has 2 rings (SSSR count). The van der Waals surface area contributed by atoms with Gasteiger partial charge >= 0.3 is 0 Å². The first-order chi connectivity index (χ1) is 10.6. The van der Waals surface area contributed by atoms with Crippen LogP contribution in [0.1, 0.15) is 26.7 Å². The molecule has 2 aromatic rings. The maximum absolute atomic E-state index is 13.6. The predicted molar refractivity (Wildman–Crippen MR) is 81.3 cm³/mol. The lowest BCUT2D eigenvalue weighted by molar-refractivity contribution is 0.422. The molecule has 0 saturated heterocycles. The first-order valence-electron chi connectivity index (χ1n) is 7.34. The lowest BCUT2D eigenvalue weighted by atomic mass is 10.3. The minimum Gasteiger partial charge on any atom is -0.436 e. The molecule has 0 amide bonds. The molecule has 0 saturated carbocycles. The van der Waals surface area contributed by atoms with Crippen LogP contribution in [0.3, 0.4) is 0 Å². The summed E-state index contributed by atoms with van der Waals surface area (Å²) >= 11 is 0. The average molecular weight is 307 g/mol. The zero-order valence-electron chi connectivity index (χ0n) is 12.7. The summed E-state index contributed by atoms with van der Waals surface area (Å²) in [6.45, 7) is 5.85. The van der Waals surface area contributed by atoms with Crippen molar-refractivity contribution in [1.82, 2.24) is 9.97 Å². The molecule has 0 atom stereocenters. The summed E-state index contributed by atoms with van der Waals surface area (Å²) in [5, 5.41) is 0. The van der Waals surface area contributed by atoms with Crippen molar-refractivity contribution < 1.29 is 13.5 Å². The second-order valence-electron chi connectivity index (χ2n) is 4.82. The van der Waals surface area contributed by atoms with Gasteiger partial charge in [-0.1, -0.05) is 13.3 Å².